The second kappa shape index (κ2) is 6.89. The molecule has 0 bridgehead atoms. The van der Waals surface area contributed by atoms with E-state index < -0.39 is 0 Å². The summed E-state index contributed by atoms with van der Waals surface area (Å²) >= 11 is 3.45. The third-order valence-electron chi connectivity index (χ3n) is 2.65. The summed E-state index contributed by atoms with van der Waals surface area (Å²) in [6.07, 6.45) is 0. The Kier molecular flexibility index (Phi) is 5.79. The van der Waals surface area contributed by atoms with E-state index in [2.05, 4.69) is 48.5 Å². The molecule has 1 aromatic rings. The van der Waals surface area contributed by atoms with Crippen molar-refractivity contribution in [2.45, 2.75) is 27.7 Å². The smallest absolute Gasteiger partial charge is 0.270 e. The molecule has 0 unspecified atom stereocenters. The van der Waals surface area contributed by atoms with Crippen LogP contribution in [-0.4, -0.2) is 18.0 Å². The second-order valence-corrected chi connectivity index (χ2v) is 6.44. The van der Waals surface area contributed by atoms with Gasteiger partial charge < -0.3 is 4.90 Å². The van der Waals surface area contributed by atoms with Gasteiger partial charge in [0.15, 0.2) is 0 Å². The molecule has 1 rings (SSSR count). The quantitative estimate of drug-likeness (QED) is 0.571. The number of rotatable bonds is 6. The zero-order valence-corrected chi connectivity index (χ0v) is 13.5. The molecule has 0 aromatic heterocycles. The number of halogens is 1. The number of anilines is 1. The Balaban J connectivity index is 3.04. The van der Waals surface area contributed by atoms with Crippen LogP contribution in [0, 0.1) is 22.0 Å². The number of hydrogen-bond acceptors (Lipinski definition) is 3. The highest BCUT2D eigenvalue weighted by atomic mass is 79.9. The van der Waals surface area contributed by atoms with E-state index in [1.54, 1.807) is 12.1 Å². The van der Waals surface area contributed by atoms with Crippen LogP contribution in [0.2, 0.25) is 0 Å². The third kappa shape index (κ3) is 4.82. The van der Waals surface area contributed by atoms with Crippen LogP contribution in [0.4, 0.5) is 11.4 Å². The first-order valence-corrected chi connectivity index (χ1v) is 7.29. The second-order valence-electron chi connectivity index (χ2n) is 5.59. The van der Waals surface area contributed by atoms with Gasteiger partial charge in [-0.15, -0.1) is 0 Å². The minimum Gasteiger partial charge on any atom is -0.370 e. The van der Waals surface area contributed by atoms with E-state index >= 15 is 0 Å². The lowest BCUT2D eigenvalue weighted by Gasteiger charge is -2.29. The zero-order chi connectivity index (χ0) is 14.6. The van der Waals surface area contributed by atoms with Crippen LogP contribution in [0.3, 0.4) is 0 Å². The maximum atomic E-state index is 10.8. The van der Waals surface area contributed by atoms with Gasteiger partial charge in [-0.2, -0.15) is 0 Å². The van der Waals surface area contributed by atoms with Crippen LogP contribution in [0.25, 0.3) is 0 Å². The summed E-state index contributed by atoms with van der Waals surface area (Å²) in [5.41, 5.74) is 1.14. The Bertz CT molecular complexity index is 437. The Morgan fingerprint density at radius 2 is 1.74 bits per heavy atom. The van der Waals surface area contributed by atoms with Gasteiger partial charge in [0.25, 0.3) is 5.69 Å². The van der Waals surface area contributed by atoms with Crippen molar-refractivity contribution in [1.82, 2.24) is 0 Å². The lowest BCUT2D eigenvalue weighted by Crippen LogP contribution is -2.31. The van der Waals surface area contributed by atoms with Crippen LogP contribution in [0.15, 0.2) is 22.7 Å². The van der Waals surface area contributed by atoms with E-state index in [4.69, 9.17) is 0 Å². The summed E-state index contributed by atoms with van der Waals surface area (Å²) in [6.45, 7) is 10.6. The summed E-state index contributed by atoms with van der Waals surface area (Å²) in [6, 6.07) is 4.96. The molecule has 0 saturated heterocycles. The van der Waals surface area contributed by atoms with Gasteiger partial charge >= 0.3 is 0 Å². The van der Waals surface area contributed by atoms with E-state index in [9.17, 15) is 10.1 Å². The summed E-state index contributed by atoms with van der Waals surface area (Å²) in [5, 5.41) is 10.8. The maximum absolute atomic E-state index is 10.8. The molecule has 4 nitrogen and oxygen atoms in total. The molecular formula is C14H21BrN2O2. The highest BCUT2D eigenvalue weighted by Gasteiger charge is 2.16. The molecule has 106 valence electrons. The van der Waals surface area contributed by atoms with Gasteiger partial charge in [0.1, 0.15) is 0 Å². The lowest BCUT2D eigenvalue weighted by molar-refractivity contribution is -0.384. The Hall–Kier alpha value is -1.10. The molecule has 0 fully saturated rings. The van der Waals surface area contributed by atoms with Gasteiger partial charge in [0.2, 0.25) is 0 Å². The summed E-state index contributed by atoms with van der Waals surface area (Å²) in [4.78, 5) is 12.7. The summed E-state index contributed by atoms with van der Waals surface area (Å²) < 4.78 is 0.781. The molecule has 0 aliphatic heterocycles. The van der Waals surface area contributed by atoms with E-state index in [1.165, 1.54) is 0 Å². The van der Waals surface area contributed by atoms with Crippen molar-refractivity contribution in [1.29, 1.82) is 0 Å². The predicted molar refractivity (Wildman–Crippen MR) is 82.7 cm³/mol. The number of benzene rings is 1. The van der Waals surface area contributed by atoms with Crippen LogP contribution < -0.4 is 4.90 Å². The Morgan fingerprint density at radius 1 is 1.21 bits per heavy atom. The van der Waals surface area contributed by atoms with Crippen molar-refractivity contribution in [3.63, 3.8) is 0 Å². The number of hydrogen-bond donors (Lipinski definition) is 0. The van der Waals surface area contributed by atoms with Gasteiger partial charge in [0.05, 0.1) is 10.6 Å². The van der Waals surface area contributed by atoms with Crippen molar-refractivity contribution >= 4 is 27.3 Å². The molecule has 0 heterocycles. The summed E-state index contributed by atoms with van der Waals surface area (Å²) in [7, 11) is 0. The molecule has 0 aliphatic rings. The van der Waals surface area contributed by atoms with Crippen molar-refractivity contribution in [3.05, 3.63) is 32.8 Å². The first kappa shape index (κ1) is 16.0. The van der Waals surface area contributed by atoms with Gasteiger partial charge in [-0.05, 0) is 33.8 Å². The van der Waals surface area contributed by atoms with Gasteiger partial charge in [-0.25, -0.2) is 0 Å². The lowest BCUT2D eigenvalue weighted by atomic mass is 10.1. The zero-order valence-electron chi connectivity index (χ0n) is 11.9. The molecule has 0 N–H and O–H groups in total. The fraction of sp³-hybridized carbons (Fsp3) is 0.571. The van der Waals surface area contributed by atoms with Crippen molar-refractivity contribution < 1.29 is 4.92 Å². The van der Waals surface area contributed by atoms with E-state index in [1.807, 2.05) is 6.07 Å². The summed E-state index contributed by atoms with van der Waals surface area (Å²) in [5.74, 6) is 1.08. The highest BCUT2D eigenvalue weighted by Crippen LogP contribution is 2.31. The number of non-ortho nitro benzene ring substituents is 1. The number of nitro benzene ring substituents is 1. The predicted octanol–water partition coefficient (Wildman–Crippen LogP) is 4.48. The third-order valence-corrected chi connectivity index (χ3v) is 3.29. The molecule has 0 aliphatic carbocycles. The molecule has 0 spiro atoms. The molecule has 5 heteroatoms. The largest absolute Gasteiger partial charge is 0.370 e. The van der Waals surface area contributed by atoms with Crippen molar-refractivity contribution in [3.8, 4) is 0 Å². The molecular weight excluding hydrogens is 308 g/mol. The fourth-order valence-electron chi connectivity index (χ4n) is 2.02. The average Bonchev–Trinajstić information content (AvgIpc) is 2.26. The highest BCUT2D eigenvalue weighted by molar-refractivity contribution is 9.10. The molecule has 19 heavy (non-hydrogen) atoms. The fourth-order valence-corrected chi connectivity index (χ4v) is 2.64. The van der Waals surface area contributed by atoms with Crippen LogP contribution in [0.5, 0.6) is 0 Å². The SMILES string of the molecule is CC(C)CN(CC(C)C)c1ccc([N+](=O)[O-])cc1Br. The Morgan fingerprint density at radius 3 is 2.11 bits per heavy atom. The molecule has 1 aromatic carbocycles. The van der Waals surface area contributed by atoms with Crippen LogP contribution >= 0.6 is 15.9 Å². The minimum atomic E-state index is -0.371. The van der Waals surface area contributed by atoms with Crippen LogP contribution in [0.1, 0.15) is 27.7 Å². The molecule has 0 saturated carbocycles. The number of nitro groups is 1. The molecule has 0 amide bonds. The van der Waals surface area contributed by atoms with E-state index in [0.717, 1.165) is 23.2 Å². The van der Waals surface area contributed by atoms with E-state index in [-0.39, 0.29) is 10.6 Å². The van der Waals surface area contributed by atoms with Gasteiger partial charge in [0, 0.05) is 29.7 Å². The van der Waals surface area contributed by atoms with Crippen LogP contribution in [-0.2, 0) is 0 Å². The van der Waals surface area contributed by atoms with Gasteiger partial charge in [-0.3, -0.25) is 10.1 Å². The monoisotopic (exact) mass is 328 g/mol. The normalized spacial score (nSPS) is 11.1. The Labute approximate surface area is 123 Å². The molecule has 0 radical (unpaired) electrons. The first-order chi connectivity index (χ1) is 8.81. The average molecular weight is 329 g/mol. The van der Waals surface area contributed by atoms with Crippen molar-refractivity contribution in [2.24, 2.45) is 11.8 Å². The molecule has 0 atom stereocenters. The first-order valence-electron chi connectivity index (χ1n) is 6.50. The van der Waals surface area contributed by atoms with E-state index in [0.29, 0.717) is 11.8 Å². The van der Waals surface area contributed by atoms with Crippen molar-refractivity contribution in [2.75, 3.05) is 18.0 Å². The number of nitrogens with zero attached hydrogens (tertiary/aromatic N) is 2. The topological polar surface area (TPSA) is 46.4 Å². The maximum Gasteiger partial charge on any atom is 0.270 e. The van der Waals surface area contributed by atoms with Gasteiger partial charge in [-0.1, -0.05) is 27.7 Å². The minimum absolute atomic E-state index is 0.115. The standard InChI is InChI=1S/C14H21BrN2O2/c1-10(2)8-16(9-11(3)4)14-6-5-12(17(18)19)7-13(14)15/h5-7,10-11H,8-9H2,1-4H3.